The molecular formula is C16H25ClN2O4. The maximum atomic E-state index is 12.1. The lowest BCUT2D eigenvalue weighted by molar-refractivity contribution is 0.110. The summed E-state index contributed by atoms with van der Waals surface area (Å²) in [6.45, 7) is 5.29. The van der Waals surface area contributed by atoms with Gasteiger partial charge in [0, 0.05) is 19.3 Å². The van der Waals surface area contributed by atoms with Gasteiger partial charge in [-0.15, -0.1) is 0 Å². The van der Waals surface area contributed by atoms with E-state index in [-0.39, 0.29) is 18.7 Å². The van der Waals surface area contributed by atoms with Gasteiger partial charge < -0.3 is 25.2 Å². The fourth-order valence-corrected chi connectivity index (χ4v) is 2.21. The molecule has 0 radical (unpaired) electrons. The second-order valence-corrected chi connectivity index (χ2v) is 5.29. The number of para-hydroxylation sites is 1. The van der Waals surface area contributed by atoms with Gasteiger partial charge in [-0.25, -0.2) is 4.79 Å². The standard InChI is InChI=1S/C16H25ClN2O4/c1-3-12(8-9-20)18-16(21)19-14-7-5-6-13(17)15(14)23-11-10-22-4-2/h5-7,12,20H,3-4,8-11H2,1-2H3,(H2,18,19,21)/t12-/m0/s1. The predicted molar refractivity (Wildman–Crippen MR) is 91.4 cm³/mol. The maximum Gasteiger partial charge on any atom is 0.319 e. The zero-order valence-electron chi connectivity index (χ0n) is 13.6. The van der Waals surface area contributed by atoms with Crippen molar-refractivity contribution >= 4 is 23.3 Å². The van der Waals surface area contributed by atoms with E-state index in [9.17, 15) is 4.79 Å². The third-order valence-electron chi connectivity index (χ3n) is 3.20. The third-order valence-corrected chi connectivity index (χ3v) is 3.50. The number of rotatable bonds is 10. The van der Waals surface area contributed by atoms with Gasteiger partial charge in [-0.2, -0.15) is 0 Å². The second kappa shape index (κ2) is 11.1. The molecule has 2 amide bonds. The molecule has 1 aromatic rings. The summed E-state index contributed by atoms with van der Waals surface area (Å²) < 4.78 is 10.8. The quantitative estimate of drug-likeness (QED) is 0.570. The number of anilines is 1. The number of benzene rings is 1. The van der Waals surface area contributed by atoms with E-state index in [4.69, 9.17) is 26.2 Å². The van der Waals surface area contributed by atoms with Gasteiger partial charge >= 0.3 is 6.03 Å². The number of aliphatic hydroxyl groups excluding tert-OH is 1. The predicted octanol–water partition coefficient (Wildman–Crippen LogP) is 3.04. The number of hydrogen-bond acceptors (Lipinski definition) is 4. The lowest BCUT2D eigenvalue weighted by Gasteiger charge is -2.18. The number of carbonyl (C=O) groups excluding carboxylic acids is 1. The molecule has 0 aromatic heterocycles. The van der Waals surface area contributed by atoms with Crippen LogP contribution in [0.4, 0.5) is 10.5 Å². The molecule has 23 heavy (non-hydrogen) atoms. The Labute approximate surface area is 142 Å². The molecule has 0 unspecified atom stereocenters. The lowest BCUT2D eigenvalue weighted by Crippen LogP contribution is -2.38. The Morgan fingerprint density at radius 2 is 2.13 bits per heavy atom. The van der Waals surface area contributed by atoms with Crippen LogP contribution in [0.25, 0.3) is 0 Å². The Hall–Kier alpha value is -1.50. The number of aliphatic hydroxyl groups is 1. The molecule has 1 aromatic carbocycles. The molecule has 0 saturated heterocycles. The highest BCUT2D eigenvalue weighted by Crippen LogP contribution is 2.32. The number of ether oxygens (including phenoxy) is 2. The van der Waals surface area contributed by atoms with Crippen molar-refractivity contribution in [1.82, 2.24) is 5.32 Å². The van der Waals surface area contributed by atoms with Gasteiger partial charge in [0.25, 0.3) is 0 Å². The SMILES string of the molecule is CCOCCOc1c(Cl)cccc1NC(=O)N[C@@H](CC)CCO. The number of carbonyl (C=O) groups is 1. The van der Waals surface area contributed by atoms with E-state index in [1.165, 1.54) is 0 Å². The molecule has 130 valence electrons. The summed E-state index contributed by atoms with van der Waals surface area (Å²) in [5, 5.41) is 14.9. The summed E-state index contributed by atoms with van der Waals surface area (Å²) in [6, 6.07) is 4.71. The highest BCUT2D eigenvalue weighted by Gasteiger charge is 2.14. The molecule has 0 aliphatic heterocycles. The topological polar surface area (TPSA) is 79.8 Å². The van der Waals surface area contributed by atoms with E-state index in [1.807, 2.05) is 13.8 Å². The molecule has 6 nitrogen and oxygen atoms in total. The Bertz CT molecular complexity index is 485. The van der Waals surface area contributed by atoms with Crippen molar-refractivity contribution < 1.29 is 19.4 Å². The van der Waals surface area contributed by atoms with Crippen molar-refractivity contribution in [3.63, 3.8) is 0 Å². The number of nitrogens with one attached hydrogen (secondary N) is 2. The molecule has 3 N–H and O–H groups in total. The summed E-state index contributed by atoms with van der Waals surface area (Å²) in [4.78, 5) is 12.1. The van der Waals surface area contributed by atoms with Gasteiger partial charge in [-0.1, -0.05) is 24.6 Å². The van der Waals surface area contributed by atoms with Crippen LogP contribution < -0.4 is 15.4 Å². The fraction of sp³-hybridized carbons (Fsp3) is 0.562. The minimum atomic E-state index is -0.359. The summed E-state index contributed by atoms with van der Waals surface area (Å²) in [7, 11) is 0. The minimum Gasteiger partial charge on any atom is -0.487 e. The number of urea groups is 1. The average molecular weight is 345 g/mol. The van der Waals surface area contributed by atoms with Crippen LogP contribution >= 0.6 is 11.6 Å². The number of amides is 2. The number of hydrogen-bond donors (Lipinski definition) is 3. The zero-order valence-corrected chi connectivity index (χ0v) is 14.4. The van der Waals surface area contributed by atoms with E-state index in [0.717, 1.165) is 6.42 Å². The maximum absolute atomic E-state index is 12.1. The zero-order chi connectivity index (χ0) is 17.1. The van der Waals surface area contributed by atoms with Crippen LogP contribution in [0.2, 0.25) is 5.02 Å². The molecule has 0 heterocycles. The molecule has 0 aliphatic carbocycles. The van der Waals surface area contributed by atoms with E-state index in [1.54, 1.807) is 18.2 Å². The average Bonchev–Trinajstić information content (AvgIpc) is 2.53. The van der Waals surface area contributed by atoms with Gasteiger partial charge in [-0.3, -0.25) is 0 Å². The van der Waals surface area contributed by atoms with Crippen LogP contribution in [-0.4, -0.2) is 43.6 Å². The fourth-order valence-electron chi connectivity index (χ4n) is 1.98. The van der Waals surface area contributed by atoms with Gasteiger partial charge in [0.15, 0.2) is 5.75 Å². The van der Waals surface area contributed by atoms with Crippen LogP contribution in [0.3, 0.4) is 0 Å². The second-order valence-electron chi connectivity index (χ2n) is 4.88. The summed E-state index contributed by atoms with van der Waals surface area (Å²) >= 11 is 6.14. The van der Waals surface area contributed by atoms with Crippen molar-refractivity contribution in [3.05, 3.63) is 23.2 Å². The molecule has 7 heteroatoms. The molecule has 0 spiro atoms. The molecular weight excluding hydrogens is 320 g/mol. The smallest absolute Gasteiger partial charge is 0.319 e. The first-order valence-electron chi connectivity index (χ1n) is 7.79. The van der Waals surface area contributed by atoms with Crippen LogP contribution in [0.1, 0.15) is 26.7 Å². The van der Waals surface area contributed by atoms with Crippen LogP contribution in [-0.2, 0) is 4.74 Å². The Balaban J connectivity index is 2.67. The van der Waals surface area contributed by atoms with E-state index < -0.39 is 0 Å². The molecule has 0 aliphatic rings. The van der Waals surface area contributed by atoms with Crippen molar-refractivity contribution in [1.29, 1.82) is 0 Å². The van der Waals surface area contributed by atoms with Crippen LogP contribution in [0.15, 0.2) is 18.2 Å². The monoisotopic (exact) mass is 344 g/mol. The molecule has 1 rings (SSSR count). The highest BCUT2D eigenvalue weighted by molar-refractivity contribution is 6.32. The van der Waals surface area contributed by atoms with Gasteiger partial charge in [0.05, 0.1) is 17.3 Å². The van der Waals surface area contributed by atoms with E-state index >= 15 is 0 Å². The summed E-state index contributed by atoms with van der Waals surface area (Å²) in [5.74, 6) is 0.416. The van der Waals surface area contributed by atoms with E-state index in [0.29, 0.717) is 42.7 Å². The van der Waals surface area contributed by atoms with Crippen molar-refractivity contribution in [2.75, 3.05) is 31.7 Å². The largest absolute Gasteiger partial charge is 0.487 e. The highest BCUT2D eigenvalue weighted by atomic mass is 35.5. The van der Waals surface area contributed by atoms with Gasteiger partial charge in [-0.05, 0) is 31.9 Å². The number of halogens is 1. The van der Waals surface area contributed by atoms with Crippen molar-refractivity contribution in [2.24, 2.45) is 0 Å². The molecule has 0 saturated carbocycles. The first-order chi connectivity index (χ1) is 11.1. The lowest BCUT2D eigenvalue weighted by atomic mass is 10.2. The van der Waals surface area contributed by atoms with Crippen LogP contribution in [0.5, 0.6) is 5.75 Å². The first-order valence-corrected chi connectivity index (χ1v) is 8.17. The Kier molecular flexibility index (Phi) is 9.43. The Morgan fingerprint density at radius 3 is 2.78 bits per heavy atom. The normalized spacial score (nSPS) is 11.8. The first kappa shape index (κ1) is 19.5. The molecule has 1 atom stereocenters. The summed E-state index contributed by atoms with van der Waals surface area (Å²) in [6.07, 6.45) is 1.25. The van der Waals surface area contributed by atoms with Gasteiger partial charge in [0.1, 0.15) is 6.61 Å². The minimum absolute atomic E-state index is 0.0295. The summed E-state index contributed by atoms with van der Waals surface area (Å²) in [5.41, 5.74) is 0.491. The van der Waals surface area contributed by atoms with Crippen LogP contribution in [0, 0.1) is 0 Å². The third kappa shape index (κ3) is 7.07. The molecule has 0 bridgehead atoms. The van der Waals surface area contributed by atoms with Crippen molar-refractivity contribution in [2.45, 2.75) is 32.7 Å². The molecule has 0 fully saturated rings. The Morgan fingerprint density at radius 1 is 1.35 bits per heavy atom. The van der Waals surface area contributed by atoms with Crippen molar-refractivity contribution in [3.8, 4) is 5.75 Å². The van der Waals surface area contributed by atoms with Gasteiger partial charge in [0.2, 0.25) is 0 Å². The van der Waals surface area contributed by atoms with E-state index in [2.05, 4.69) is 10.6 Å².